The molecule has 2 aromatic rings. The quantitative estimate of drug-likeness (QED) is 0.661. The zero-order valence-corrected chi connectivity index (χ0v) is 12.7. The van der Waals surface area contributed by atoms with Crippen molar-refractivity contribution in [1.29, 1.82) is 0 Å². The van der Waals surface area contributed by atoms with Gasteiger partial charge in [0.2, 0.25) is 0 Å². The van der Waals surface area contributed by atoms with Crippen molar-refractivity contribution in [2.45, 2.75) is 19.9 Å². The van der Waals surface area contributed by atoms with Gasteiger partial charge in [-0.2, -0.15) is 0 Å². The summed E-state index contributed by atoms with van der Waals surface area (Å²) in [5, 5.41) is 14.1. The highest BCUT2D eigenvalue weighted by Crippen LogP contribution is 2.35. The lowest BCUT2D eigenvalue weighted by Gasteiger charge is -2.15. The van der Waals surface area contributed by atoms with Gasteiger partial charge in [-0.05, 0) is 26.0 Å². The van der Waals surface area contributed by atoms with Gasteiger partial charge in [-0.3, -0.25) is 10.1 Å². The van der Waals surface area contributed by atoms with Crippen LogP contribution in [0.15, 0.2) is 24.3 Å². The smallest absolute Gasteiger partial charge is 0.295 e. The SMILES string of the molecule is COc1cc(NC(C)c2ccc(C)s2)c([N+](=O)[O-])cc1F. The Bertz CT molecular complexity index is 672. The number of halogens is 1. The standard InChI is InChI=1S/C14H15FN2O3S/c1-8-4-5-14(21-8)9(2)16-11-7-13(20-3)10(15)6-12(11)17(18)19/h4-7,9,16H,1-3H3. The first kappa shape index (κ1) is 15.2. The van der Waals surface area contributed by atoms with E-state index in [1.165, 1.54) is 13.2 Å². The number of nitro benzene ring substituents is 1. The number of thiophene rings is 1. The summed E-state index contributed by atoms with van der Waals surface area (Å²) in [6, 6.07) is 6.00. The monoisotopic (exact) mass is 310 g/mol. The molecule has 0 spiro atoms. The maximum absolute atomic E-state index is 13.6. The first-order valence-electron chi connectivity index (χ1n) is 6.27. The van der Waals surface area contributed by atoms with Gasteiger partial charge in [-0.25, -0.2) is 4.39 Å². The molecule has 1 atom stereocenters. The Morgan fingerprint density at radius 1 is 1.43 bits per heavy atom. The van der Waals surface area contributed by atoms with E-state index in [0.717, 1.165) is 15.8 Å². The molecule has 1 N–H and O–H groups in total. The molecule has 5 nitrogen and oxygen atoms in total. The maximum Gasteiger partial charge on any atom is 0.295 e. The highest BCUT2D eigenvalue weighted by atomic mass is 32.1. The van der Waals surface area contributed by atoms with Crippen LogP contribution in [-0.2, 0) is 0 Å². The molecule has 1 aromatic carbocycles. The summed E-state index contributed by atoms with van der Waals surface area (Å²) in [7, 11) is 1.32. The number of methoxy groups -OCH3 is 1. The maximum atomic E-state index is 13.6. The fourth-order valence-corrected chi connectivity index (χ4v) is 2.84. The second-order valence-electron chi connectivity index (χ2n) is 4.58. The van der Waals surface area contributed by atoms with Crippen LogP contribution in [0.25, 0.3) is 0 Å². The van der Waals surface area contributed by atoms with Gasteiger partial charge in [0.25, 0.3) is 5.69 Å². The lowest BCUT2D eigenvalue weighted by atomic mass is 10.2. The molecular formula is C14H15FN2O3S. The largest absolute Gasteiger partial charge is 0.494 e. The van der Waals surface area contributed by atoms with Gasteiger partial charge in [-0.1, -0.05) is 0 Å². The molecule has 1 unspecified atom stereocenters. The molecule has 1 heterocycles. The third kappa shape index (κ3) is 3.30. The van der Waals surface area contributed by atoms with Crippen molar-refractivity contribution < 1.29 is 14.1 Å². The molecule has 7 heteroatoms. The van der Waals surface area contributed by atoms with E-state index in [0.29, 0.717) is 0 Å². The third-order valence-electron chi connectivity index (χ3n) is 3.03. The molecule has 0 saturated carbocycles. The summed E-state index contributed by atoms with van der Waals surface area (Å²) in [4.78, 5) is 12.6. The van der Waals surface area contributed by atoms with Crippen LogP contribution in [0.2, 0.25) is 0 Å². The molecule has 0 amide bonds. The van der Waals surface area contributed by atoms with Crippen LogP contribution in [0.5, 0.6) is 5.75 Å². The van der Waals surface area contributed by atoms with Crippen LogP contribution >= 0.6 is 11.3 Å². The number of anilines is 1. The minimum Gasteiger partial charge on any atom is -0.494 e. The molecule has 0 saturated heterocycles. The van der Waals surface area contributed by atoms with Gasteiger partial charge >= 0.3 is 0 Å². The van der Waals surface area contributed by atoms with Gasteiger partial charge in [0.15, 0.2) is 11.6 Å². The number of nitro groups is 1. The number of benzene rings is 1. The number of aryl methyl sites for hydroxylation is 1. The van der Waals surface area contributed by atoms with Crippen molar-refractivity contribution in [2.75, 3.05) is 12.4 Å². The van der Waals surface area contributed by atoms with Crippen molar-refractivity contribution in [3.8, 4) is 5.75 Å². The number of ether oxygens (including phenoxy) is 1. The lowest BCUT2D eigenvalue weighted by Crippen LogP contribution is -2.08. The Labute approximate surface area is 125 Å². The van der Waals surface area contributed by atoms with Crippen molar-refractivity contribution >= 4 is 22.7 Å². The topological polar surface area (TPSA) is 64.4 Å². The minimum atomic E-state index is -0.755. The van der Waals surface area contributed by atoms with Crippen molar-refractivity contribution in [1.82, 2.24) is 0 Å². The Balaban J connectivity index is 2.35. The van der Waals surface area contributed by atoms with Crippen molar-refractivity contribution in [3.63, 3.8) is 0 Å². The molecular weight excluding hydrogens is 295 g/mol. The molecule has 0 aliphatic carbocycles. The molecule has 0 radical (unpaired) electrons. The fraction of sp³-hybridized carbons (Fsp3) is 0.286. The fourth-order valence-electron chi connectivity index (χ4n) is 1.96. The summed E-state index contributed by atoms with van der Waals surface area (Å²) in [6.45, 7) is 3.88. The minimum absolute atomic E-state index is 0.0299. The van der Waals surface area contributed by atoms with Crippen molar-refractivity contribution in [2.24, 2.45) is 0 Å². The second kappa shape index (κ2) is 6.09. The van der Waals surface area contributed by atoms with E-state index >= 15 is 0 Å². The Kier molecular flexibility index (Phi) is 4.42. The van der Waals surface area contributed by atoms with Crippen LogP contribution in [-0.4, -0.2) is 12.0 Å². The number of rotatable bonds is 5. The molecule has 0 aliphatic rings. The molecule has 21 heavy (non-hydrogen) atoms. The highest BCUT2D eigenvalue weighted by Gasteiger charge is 2.21. The van der Waals surface area contributed by atoms with E-state index in [1.807, 2.05) is 26.0 Å². The van der Waals surface area contributed by atoms with E-state index in [1.54, 1.807) is 11.3 Å². The zero-order valence-electron chi connectivity index (χ0n) is 11.8. The molecule has 0 aliphatic heterocycles. The zero-order chi connectivity index (χ0) is 15.6. The Morgan fingerprint density at radius 3 is 2.67 bits per heavy atom. The highest BCUT2D eigenvalue weighted by molar-refractivity contribution is 7.12. The number of hydrogen-bond donors (Lipinski definition) is 1. The third-order valence-corrected chi connectivity index (χ3v) is 4.21. The van der Waals surface area contributed by atoms with E-state index in [4.69, 9.17) is 4.74 Å². The molecule has 0 fully saturated rings. The average Bonchev–Trinajstić information content (AvgIpc) is 2.86. The Morgan fingerprint density at radius 2 is 2.14 bits per heavy atom. The van der Waals surface area contributed by atoms with Gasteiger partial charge in [0.05, 0.1) is 24.1 Å². The predicted octanol–water partition coefficient (Wildman–Crippen LogP) is 4.29. The summed E-state index contributed by atoms with van der Waals surface area (Å²) in [5.41, 5.74) is -0.0785. The van der Waals surface area contributed by atoms with Crippen LogP contribution in [0.1, 0.15) is 22.7 Å². The first-order valence-corrected chi connectivity index (χ1v) is 7.08. The van der Waals surface area contributed by atoms with Crippen molar-refractivity contribution in [3.05, 3.63) is 50.0 Å². The van der Waals surface area contributed by atoms with Crippen LogP contribution in [0, 0.1) is 22.9 Å². The predicted molar refractivity (Wildman–Crippen MR) is 80.7 cm³/mol. The summed E-state index contributed by atoms with van der Waals surface area (Å²) < 4.78 is 18.5. The van der Waals surface area contributed by atoms with E-state index in [9.17, 15) is 14.5 Å². The average molecular weight is 310 g/mol. The number of hydrogen-bond acceptors (Lipinski definition) is 5. The van der Waals surface area contributed by atoms with Gasteiger partial charge in [0, 0.05) is 15.8 Å². The molecule has 0 bridgehead atoms. The van der Waals surface area contributed by atoms with Gasteiger partial charge in [-0.15, -0.1) is 11.3 Å². The Hall–Kier alpha value is -2.15. The molecule has 1 aromatic heterocycles. The molecule has 112 valence electrons. The first-order chi connectivity index (χ1) is 9.92. The van der Waals surface area contributed by atoms with Crippen LogP contribution in [0.4, 0.5) is 15.8 Å². The molecule has 2 rings (SSSR count). The van der Waals surface area contributed by atoms with Gasteiger partial charge in [0.1, 0.15) is 5.69 Å². The van der Waals surface area contributed by atoms with Crippen LogP contribution in [0.3, 0.4) is 0 Å². The number of nitrogens with zero attached hydrogens (tertiary/aromatic N) is 1. The van der Waals surface area contributed by atoms with Crippen LogP contribution < -0.4 is 10.1 Å². The summed E-state index contributed by atoms with van der Waals surface area (Å²) in [5.74, 6) is -0.785. The lowest BCUT2D eigenvalue weighted by molar-refractivity contribution is -0.384. The normalized spacial score (nSPS) is 12.0. The van der Waals surface area contributed by atoms with E-state index in [-0.39, 0.29) is 23.2 Å². The van der Waals surface area contributed by atoms with Gasteiger partial charge < -0.3 is 10.1 Å². The summed E-state index contributed by atoms with van der Waals surface area (Å²) >= 11 is 1.60. The summed E-state index contributed by atoms with van der Waals surface area (Å²) in [6.07, 6.45) is 0. The van der Waals surface area contributed by atoms with E-state index in [2.05, 4.69) is 5.32 Å². The second-order valence-corrected chi connectivity index (χ2v) is 5.89. The number of nitrogens with one attached hydrogen (secondary N) is 1. The van der Waals surface area contributed by atoms with E-state index < -0.39 is 10.7 Å².